The first-order valence-corrected chi connectivity index (χ1v) is 11.3. The molecule has 0 aliphatic heterocycles. The Kier molecular flexibility index (Phi) is 20.9. The van der Waals surface area contributed by atoms with Crippen molar-refractivity contribution >= 4 is 10.0 Å². The first kappa shape index (κ1) is 25.7. The second-order valence-electron chi connectivity index (χ2n) is 6.67. The molecule has 1 radical (unpaired) electrons. The summed E-state index contributed by atoms with van der Waals surface area (Å²) >= 11 is 0. The van der Waals surface area contributed by atoms with Crippen molar-refractivity contribution in [3.8, 4) is 0 Å². The van der Waals surface area contributed by atoms with E-state index in [-0.39, 0.29) is 22.8 Å². The van der Waals surface area contributed by atoms with E-state index in [4.69, 9.17) is 5.14 Å². The number of unbranched alkanes of at least 4 members (excludes halogenated alkanes) is 15. The van der Waals surface area contributed by atoms with Crippen LogP contribution in [-0.2, 0) is 27.1 Å². The smallest absolute Gasteiger partial charge is 0.209 e. The van der Waals surface area contributed by atoms with Gasteiger partial charge >= 0.3 is 0 Å². The van der Waals surface area contributed by atoms with Crippen LogP contribution in [0.4, 0.5) is 0 Å². The fourth-order valence-corrected chi connectivity index (χ4v) is 3.46. The number of hydrogen-bond donors (Lipinski definition) is 1. The first-order valence-electron chi connectivity index (χ1n) is 9.56. The van der Waals surface area contributed by atoms with Gasteiger partial charge in [-0.1, -0.05) is 103 Å². The molecule has 3 nitrogen and oxygen atoms in total. The maximum absolute atomic E-state index is 10.8. The van der Waals surface area contributed by atoms with E-state index in [1.807, 2.05) is 0 Å². The Balaban J connectivity index is 0. The molecule has 0 fully saturated rings. The average molecular weight is 397 g/mol. The molecule has 2 N–H and O–H groups in total. The van der Waals surface area contributed by atoms with Crippen LogP contribution in [0.15, 0.2) is 0 Å². The van der Waals surface area contributed by atoms with Gasteiger partial charge in [-0.2, -0.15) is 0 Å². The molecule has 0 aromatic carbocycles. The second-order valence-corrected chi connectivity index (χ2v) is 8.40. The molecule has 0 heterocycles. The van der Waals surface area contributed by atoms with Crippen molar-refractivity contribution in [2.75, 3.05) is 5.75 Å². The molecule has 0 unspecified atom stereocenters. The fourth-order valence-electron chi connectivity index (χ4n) is 2.85. The SMILES string of the molecule is CCCCCCCCCCCCCCCCCCS(N)(=O)=O.[Cu]. The van der Waals surface area contributed by atoms with Crippen LogP contribution in [0.25, 0.3) is 0 Å². The molecule has 0 aliphatic carbocycles. The number of hydrogen-bond acceptors (Lipinski definition) is 2. The topological polar surface area (TPSA) is 60.2 Å². The van der Waals surface area contributed by atoms with E-state index >= 15 is 0 Å². The second kappa shape index (κ2) is 18.8. The summed E-state index contributed by atoms with van der Waals surface area (Å²) in [5.41, 5.74) is 0. The fraction of sp³-hybridized carbons (Fsp3) is 1.00. The van der Waals surface area contributed by atoms with Crippen molar-refractivity contribution in [1.29, 1.82) is 0 Å². The van der Waals surface area contributed by atoms with Crippen LogP contribution in [0.1, 0.15) is 110 Å². The average Bonchev–Trinajstić information content (AvgIpc) is 2.45. The maximum atomic E-state index is 10.8. The van der Waals surface area contributed by atoms with Crippen molar-refractivity contribution in [1.82, 2.24) is 0 Å². The third-order valence-corrected chi connectivity index (χ3v) is 5.14. The molecule has 0 atom stereocenters. The standard InChI is InChI=1S/C18H39NO2S.Cu/c1-2-3-4-5-6-7-8-9-10-11-12-13-14-15-16-17-18-22(19,20)21;/h2-18H2,1H3,(H2,19,20,21);. The summed E-state index contributed by atoms with van der Waals surface area (Å²) < 4.78 is 21.5. The number of sulfonamides is 1. The summed E-state index contributed by atoms with van der Waals surface area (Å²) in [6.07, 6.45) is 20.8. The van der Waals surface area contributed by atoms with Gasteiger partial charge in [0.05, 0.1) is 5.75 Å². The Bertz CT molecular complexity index is 321. The summed E-state index contributed by atoms with van der Waals surface area (Å²) in [5.74, 6) is 0.144. The van der Waals surface area contributed by atoms with Crippen molar-refractivity contribution in [3.05, 3.63) is 0 Å². The van der Waals surface area contributed by atoms with Gasteiger partial charge in [-0.3, -0.25) is 0 Å². The minimum atomic E-state index is -3.24. The summed E-state index contributed by atoms with van der Waals surface area (Å²) in [5, 5.41) is 4.97. The van der Waals surface area contributed by atoms with Gasteiger partial charge < -0.3 is 0 Å². The molecule has 0 aromatic rings. The first-order chi connectivity index (χ1) is 10.6. The Labute approximate surface area is 156 Å². The zero-order valence-electron chi connectivity index (χ0n) is 15.1. The van der Waals surface area contributed by atoms with Gasteiger partial charge in [-0.05, 0) is 6.42 Å². The predicted molar refractivity (Wildman–Crippen MR) is 97.5 cm³/mol. The van der Waals surface area contributed by atoms with Crippen molar-refractivity contribution in [2.24, 2.45) is 5.14 Å². The molecular weight excluding hydrogens is 358 g/mol. The van der Waals surface area contributed by atoms with Crippen LogP contribution in [0.5, 0.6) is 0 Å². The minimum absolute atomic E-state index is 0. The van der Waals surface area contributed by atoms with E-state index in [1.54, 1.807) is 0 Å². The molecule has 5 heteroatoms. The van der Waals surface area contributed by atoms with Gasteiger partial charge in [0.15, 0.2) is 0 Å². The molecule has 23 heavy (non-hydrogen) atoms. The molecule has 0 saturated heterocycles. The predicted octanol–water partition coefficient (Wildman–Crippen LogP) is 5.53. The van der Waals surface area contributed by atoms with Crippen LogP contribution in [0.3, 0.4) is 0 Å². The summed E-state index contributed by atoms with van der Waals surface area (Å²) in [6.45, 7) is 2.27. The van der Waals surface area contributed by atoms with E-state index in [2.05, 4.69) is 6.92 Å². The normalized spacial score (nSPS) is 11.4. The van der Waals surface area contributed by atoms with E-state index in [9.17, 15) is 8.42 Å². The van der Waals surface area contributed by atoms with Gasteiger partial charge in [0.2, 0.25) is 10.0 Å². The summed E-state index contributed by atoms with van der Waals surface area (Å²) in [6, 6.07) is 0. The number of rotatable bonds is 17. The molecule has 0 spiro atoms. The van der Waals surface area contributed by atoms with Crippen molar-refractivity contribution < 1.29 is 25.5 Å². The van der Waals surface area contributed by atoms with E-state index in [0.717, 1.165) is 19.3 Å². The third-order valence-electron chi connectivity index (χ3n) is 4.28. The third kappa shape index (κ3) is 24.8. The van der Waals surface area contributed by atoms with Gasteiger partial charge in [0.25, 0.3) is 0 Å². The molecule has 0 amide bonds. The maximum Gasteiger partial charge on any atom is 0.209 e. The van der Waals surface area contributed by atoms with Gasteiger partial charge in [0.1, 0.15) is 0 Å². The van der Waals surface area contributed by atoms with Crippen LogP contribution < -0.4 is 5.14 Å². The number of nitrogens with two attached hydrogens (primary N) is 1. The Morgan fingerprint density at radius 2 is 0.826 bits per heavy atom. The largest absolute Gasteiger partial charge is 0.229 e. The molecule has 0 rings (SSSR count). The molecule has 145 valence electrons. The van der Waals surface area contributed by atoms with Crippen molar-refractivity contribution in [3.63, 3.8) is 0 Å². The van der Waals surface area contributed by atoms with Crippen LogP contribution in [-0.4, -0.2) is 14.2 Å². The zero-order chi connectivity index (χ0) is 16.5. The molecular formula is C18H39CuNO2S. The van der Waals surface area contributed by atoms with Crippen molar-refractivity contribution in [2.45, 2.75) is 110 Å². The van der Waals surface area contributed by atoms with Gasteiger partial charge in [-0.25, -0.2) is 13.6 Å². The van der Waals surface area contributed by atoms with E-state index < -0.39 is 10.0 Å². The summed E-state index contributed by atoms with van der Waals surface area (Å²) in [4.78, 5) is 0. The molecule has 0 bridgehead atoms. The van der Waals surface area contributed by atoms with Crippen LogP contribution in [0, 0.1) is 0 Å². The zero-order valence-corrected chi connectivity index (χ0v) is 16.9. The quantitative estimate of drug-likeness (QED) is 0.259. The molecule has 0 aliphatic rings. The van der Waals surface area contributed by atoms with Gasteiger partial charge in [0, 0.05) is 17.1 Å². The van der Waals surface area contributed by atoms with E-state index in [0.29, 0.717) is 0 Å². The number of primary sulfonamides is 1. The van der Waals surface area contributed by atoms with Crippen LogP contribution >= 0.6 is 0 Å². The Hall–Kier alpha value is 0.429. The monoisotopic (exact) mass is 396 g/mol. The van der Waals surface area contributed by atoms with E-state index in [1.165, 1.54) is 83.5 Å². The molecule has 0 aromatic heterocycles. The Morgan fingerprint density at radius 1 is 0.565 bits per heavy atom. The van der Waals surface area contributed by atoms with Gasteiger partial charge in [-0.15, -0.1) is 0 Å². The minimum Gasteiger partial charge on any atom is -0.229 e. The van der Waals surface area contributed by atoms with Crippen LogP contribution in [0.2, 0.25) is 0 Å². The Morgan fingerprint density at radius 3 is 1.09 bits per heavy atom. The summed E-state index contributed by atoms with van der Waals surface area (Å²) in [7, 11) is -3.24. The molecule has 0 saturated carbocycles.